The van der Waals surface area contributed by atoms with E-state index in [1.165, 1.54) is 12.1 Å². The van der Waals surface area contributed by atoms with Crippen molar-refractivity contribution in [3.05, 3.63) is 71.0 Å². The van der Waals surface area contributed by atoms with Gasteiger partial charge >= 0.3 is 0 Å². The minimum absolute atomic E-state index is 0.0245. The summed E-state index contributed by atoms with van der Waals surface area (Å²) in [4.78, 5) is 8.72. The van der Waals surface area contributed by atoms with Crippen LogP contribution in [0, 0.1) is 5.82 Å². The molecule has 0 aliphatic rings. The second-order valence-corrected chi connectivity index (χ2v) is 9.75. The van der Waals surface area contributed by atoms with Gasteiger partial charge in [-0.25, -0.2) is 22.8 Å². The fraction of sp³-hybridized carbons (Fsp3) is 0. The van der Waals surface area contributed by atoms with Gasteiger partial charge in [0.2, 0.25) is 0 Å². The molecule has 0 saturated carbocycles. The smallest absolute Gasteiger partial charge is 0.263 e. The molecule has 0 aliphatic carbocycles. The molecule has 0 bridgehead atoms. The number of rotatable bonds is 5. The van der Waals surface area contributed by atoms with Gasteiger partial charge in [-0.05, 0) is 64.5 Å². The molecule has 0 amide bonds. The molecule has 5 rings (SSSR count). The van der Waals surface area contributed by atoms with E-state index in [0.717, 1.165) is 23.3 Å². The van der Waals surface area contributed by atoms with Crippen LogP contribution in [-0.2, 0) is 10.0 Å². The van der Waals surface area contributed by atoms with Gasteiger partial charge in [-0.3, -0.25) is 4.72 Å². The Morgan fingerprint density at radius 1 is 0.844 bits per heavy atom. The number of halogens is 2. The molecule has 2 heterocycles. The van der Waals surface area contributed by atoms with Crippen LogP contribution in [0.25, 0.3) is 22.1 Å². The fourth-order valence-corrected chi connectivity index (χ4v) is 4.77. The highest BCUT2D eigenvalue weighted by Crippen LogP contribution is 2.29. The summed E-state index contributed by atoms with van der Waals surface area (Å²) in [5.41, 5.74) is 3.15. The zero-order valence-corrected chi connectivity index (χ0v) is 19.2. The third-order valence-electron chi connectivity index (χ3n) is 4.52. The molecule has 32 heavy (non-hydrogen) atoms. The SMILES string of the molecule is O=S(=O)(Nc1nc2ccccc2nc1Nc1ccc2nsnc2c1)c1ccc(Br)c(F)c1. The van der Waals surface area contributed by atoms with E-state index in [0.29, 0.717) is 22.2 Å². The molecule has 2 N–H and O–H groups in total. The monoisotopic (exact) mass is 530 g/mol. The van der Waals surface area contributed by atoms with Gasteiger partial charge in [-0.2, -0.15) is 8.75 Å². The molecule has 12 heteroatoms. The van der Waals surface area contributed by atoms with Gasteiger partial charge in [0.15, 0.2) is 11.6 Å². The largest absolute Gasteiger partial charge is 0.337 e. The first-order valence-corrected chi connectivity index (χ1v) is 12.1. The molecule has 0 saturated heterocycles. The number of para-hydroxylation sites is 2. The van der Waals surface area contributed by atoms with E-state index < -0.39 is 15.8 Å². The molecular formula is C20H12BrFN6O2S2. The number of hydrogen-bond acceptors (Lipinski definition) is 8. The molecule has 0 spiro atoms. The molecule has 0 aliphatic heterocycles. The van der Waals surface area contributed by atoms with E-state index in [1.54, 1.807) is 36.4 Å². The van der Waals surface area contributed by atoms with E-state index in [2.05, 4.69) is 44.7 Å². The molecular weight excluding hydrogens is 519 g/mol. The summed E-state index contributed by atoms with van der Waals surface area (Å²) in [6.07, 6.45) is 0. The Morgan fingerprint density at radius 3 is 2.31 bits per heavy atom. The first-order valence-electron chi connectivity index (χ1n) is 9.13. The number of aromatic nitrogens is 4. The van der Waals surface area contributed by atoms with Gasteiger partial charge in [0, 0.05) is 5.69 Å². The molecule has 0 unspecified atom stereocenters. The van der Waals surface area contributed by atoms with Gasteiger partial charge < -0.3 is 5.32 Å². The summed E-state index contributed by atoms with van der Waals surface area (Å²) < 4.78 is 50.8. The van der Waals surface area contributed by atoms with E-state index in [1.807, 2.05) is 6.07 Å². The van der Waals surface area contributed by atoms with Gasteiger partial charge in [0.1, 0.15) is 16.9 Å². The van der Waals surface area contributed by atoms with Crippen molar-refractivity contribution in [3.8, 4) is 0 Å². The maximum Gasteiger partial charge on any atom is 0.263 e. The summed E-state index contributed by atoms with van der Waals surface area (Å²) in [5, 5.41) is 3.10. The summed E-state index contributed by atoms with van der Waals surface area (Å²) in [5.74, 6) is -0.531. The maximum atomic E-state index is 13.9. The Labute approximate surface area is 194 Å². The number of fused-ring (bicyclic) bond motifs is 2. The molecule has 2 aromatic heterocycles. The lowest BCUT2D eigenvalue weighted by Gasteiger charge is -2.14. The maximum absolute atomic E-state index is 13.9. The Balaban J connectivity index is 1.58. The minimum Gasteiger partial charge on any atom is -0.337 e. The molecule has 3 aromatic carbocycles. The van der Waals surface area contributed by atoms with Crippen LogP contribution in [0.5, 0.6) is 0 Å². The van der Waals surface area contributed by atoms with Crippen molar-refractivity contribution in [3.63, 3.8) is 0 Å². The van der Waals surface area contributed by atoms with Gasteiger partial charge in [0.05, 0.1) is 32.1 Å². The lowest BCUT2D eigenvalue weighted by Crippen LogP contribution is -2.16. The quantitative estimate of drug-likeness (QED) is 0.326. The van der Waals surface area contributed by atoms with Crippen molar-refractivity contribution in [2.45, 2.75) is 4.90 Å². The van der Waals surface area contributed by atoms with E-state index >= 15 is 0 Å². The minimum atomic E-state index is -4.14. The van der Waals surface area contributed by atoms with Crippen molar-refractivity contribution in [2.75, 3.05) is 10.0 Å². The number of nitrogens with one attached hydrogen (secondary N) is 2. The Morgan fingerprint density at radius 2 is 1.56 bits per heavy atom. The summed E-state index contributed by atoms with van der Waals surface area (Å²) in [6, 6.07) is 16.0. The van der Waals surface area contributed by atoms with Crippen LogP contribution in [0.15, 0.2) is 70.0 Å². The van der Waals surface area contributed by atoms with Crippen LogP contribution < -0.4 is 10.0 Å². The zero-order chi connectivity index (χ0) is 22.3. The molecule has 8 nitrogen and oxygen atoms in total. The lowest BCUT2D eigenvalue weighted by atomic mass is 10.2. The topological polar surface area (TPSA) is 110 Å². The molecule has 0 atom stereocenters. The molecule has 0 radical (unpaired) electrons. The van der Waals surface area contributed by atoms with Crippen LogP contribution in [-0.4, -0.2) is 27.1 Å². The highest BCUT2D eigenvalue weighted by molar-refractivity contribution is 9.10. The second-order valence-electron chi connectivity index (χ2n) is 6.68. The van der Waals surface area contributed by atoms with Crippen LogP contribution in [0.3, 0.4) is 0 Å². The summed E-state index contributed by atoms with van der Waals surface area (Å²) in [6.45, 7) is 0. The molecule has 5 aromatic rings. The number of benzene rings is 3. The van der Waals surface area contributed by atoms with Crippen molar-refractivity contribution < 1.29 is 12.8 Å². The van der Waals surface area contributed by atoms with E-state index in [4.69, 9.17) is 0 Å². The Bertz CT molecular complexity index is 1590. The third-order valence-corrected chi connectivity index (χ3v) is 7.06. The first kappa shape index (κ1) is 20.7. The van der Waals surface area contributed by atoms with Gasteiger partial charge in [-0.1, -0.05) is 12.1 Å². The van der Waals surface area contributed by atoms with E-state index in [9.17, 15) is 12.8 Å². The first-order chi connectivity index (χ1) is 15.4. The zero-order valence-electron chi connectivity index (χ0n) is 16.0. The van der Waals surface area contributed by atoms with Crippen molar-refractivity contribution in [1.82, 2.24) is 18.7 Å². The Hall–Kier alpha value is -3.22. The van der Waals surface area contributed by atoms with Crippen LogP contribution in [0.1, 0.15) is 0 Å². The van der Waals surface area contributed by atoms with Crippen molar-refractivity contribution >= 4 is 77.1 Å². The number of anilines is 3. The lowest BCUT2D eigenvalue weighted by molar-refractivity contribution is 0.593. The molecule has 160 valence electrons. The normalized spacial score (nSPS) is 11.7. The number of hydrogen-bond donors (Lipinski definition) is 2. The van der Waals surface area contributed by atoms with Crippen molar-refractivity contribution in [2.24, 2.45) is 0 Å². The van der Waals surface area contributed by atoms with Crippen LogP contribution >= 0.6 is 27.7 Å². The highest BCUT2D eigenvalue weighted by atomic mass is 79.9. The van der Waals surface area contributed by atoms with Gasteiger partial charge in [0.25, 0.3) is 10.0 Å². The average Bonchev–Trinajstić information content (AvgIpc) is 3.23. The standard InChI is InChI=1S/C20H12BrFN6O2S2/c21-13-7-6-12(10-14(13)22)32(29,30)28-20-19(24-15-3-1-2-4-16(15)25-20)23-11-5-8-17-18(9-11)27-31-26-17/h1-10H,(H,23,24)(H,25,28). The van der Waals surface area contributed by atoms with Gasteiger partial charge in [-0.15, -0.1) is 0 Å². The van der Waals surface area contributed by atoms with Crippen LogP contribution in [0.2, 0.25) is 0 Å². The predicted molar refractivity (Wildman–Crippen MR) is 125 cm³/mol. The second kappa shape index (κ2) is 8.04. The summed E-state index contributed by atoms with van der Waals surface area (Å²) in [7, 11) is -4.14. The number of nitrogens with zero attached hydrogens (tertiary/aromatic N) is 4. The van der Waals surface area contributed by atoms with Crippen molar-refractivity contribution in [1.29, 1.82) is 0 Å². The Kier molecular flexibility index (Phi) is 5.19. The fourth-order valence-electron chi connectivity index (χ4n) is 2.99. The highest BCUT2D eigenvalue weighted by Gasteiger charge is 2.20. The van der Waals surface area contributed by atoms with E-state index in [-0.39, 0.29) is 21.0 Å². The van der Waals surface area contributed by atoms with Crippen LogP contribution in [0.4, 0.5) is 21.7 Å². The summed E-state index contributed by atoms with van der Waals surface area (Å²) >= 11 is 4.12. The molecule has 0 fully saturated rings. The predicted octanol–water partition coefficient (Wildman–Crippen LogP) is 5.08. The number of sulfonamides is 1. The average molecular weight is 531 g/mol. The third kappa shape index (κ3) is 3.99.